The van der Waals surface area contributed by atoms with Crippen LogP contribution in [0.25, 0.3) is 0 Å². The molecule has 0 amide bonds. The minimum atomic E-state index is -0.289. The van der Waals surface area contributed by atoms with E-state index in [9.17, 15) is 4.39 Å². The van der Waals surface area contributed by atoms with Crippen LogP contribution < -0.4 is 14.9 Å². The molecule has 1 heterocycles. The number of hydrogen-bond donors (Lipinski definition) is 1. The molecule has 0 unspecified atom stereocenters. The van der Waals surface area contributed by atoms with Gasteiger partial charge in [0, 0.05) is 5.38 Å². The lowest BCUT2D eigenvalue weighted by Gasteiger charge is -2.11. The molecular weight excluding hydrogens is 353 g/mol. The summed E-state index contributed by atoms with van der Waals surface area (Å²) in [6, 6.07) is 11.8. The first kappa shape index (κ1) is 17.9. The van der Waals surface area contributed by atoms with Crippen molar-refractivity contribution >= 4 is 22.7 Å². The normalized spacial score (nSPS) is 10.9. The van der Waals surface area contributed by atoms with Crippen LogP contribution in [0.1, 0.15) is 16.8 Å². The minimum Gasteiger partial charge on any atom is -0.493 e. The molecule has 7 heteroatoms. The number of hydrogen-bond acceptors (Lipinski definition) is 6. The molecule has 2 aromatic carbocycles. The Balaban J connectivity index is 1.69. The van der Waals surface area contributed by atoms with Gasteiger partial charge < -0.3 is 9.47 Å². The number of aromatic nitrogens is 1. The van der Waals surface area contributed by atoms with E-state index in [0.717, 1.165) is 22.0 Å². The first-order valence-corrected chi connectivity index (χ1v) is 8.78. The van der Waals surface area contributed by atoms with Gasteiger partial charge in [-0.25, -0.2) is 9.37 Å². The number of hydrazone groups is 1. The predicted molar refractivity (Wildman–Crippen MR) is 102 cm³/mol. The van der Waals surface area contributed by atoms with Crippen molar-refractivity contribution in [2.75, 3.05) is 12.5 Å². The van der Waals surface area contributed by atoms with E-state index < -0.39 is 0 Å². The molecule has 0 atom stereocenters. The molecule has 0 bridgehead atoms. The molecular formula is C19H18FN3O2S. The zero-order valence-corrected chi connectivity index (χ0v) is 15.2. The molecule has 0 aliphatic heterocycles. The van der Waals surface area contributed by atoms with E-state index in [0.29, 0.717) is 11.5 Å². The van der Waals surface area contributed by atoms with E-state index in [1.807, 2.05) is 24.4 Å². The Morgan fingerprint density at radius 3 is 2.85 bits per heavy atom. The molecule has 3 rings (SSSR count). The summed E-state index contributed by atoms with van der Waals surface area (Å²) in [5.41, 5.74) is 5.42. The first-order chi connectivity index (χ1) is 12.6. The highest BCUT2D eigenvalue weighted by Gasteiger charge is 2.06. The summed E-state index contributed by atoms with van der Waals surface area (Å²) < 4.78 is 24.4. The van der Waals surface area contributed by atoms with Gasteiger partial charge in [0.2, 0.25) is 5.13 Å². The van der Waals surface area contributed by atoms with Crippen molar-refractivity contribution in [1.82, 2.24) is 4.98 Å². The maximum absolute atomic E-state index is 13.3. The number of methoxy groups -OCH3 is 1. The fourth-order valence-corrected chi connectivity index (χ4v) is 2.88. The van der Waals surface area contributed by atoms with Gasteiger partial charge in [-0.05, 0) is 48.4 Å². The van der Waals surface area contributed by atoms with E-state index >= 15 is 0 Å². The van der Waals surface area contributed by atoms with Crippen LogP contribution in [0.15, 0.2) is 52.9 Å². The number of benzene rings is 2. The third kappa shape index (κ3) is 4.80. The van der Waals surface area contributed by atoms with Crippen LogP contribution in [0.2, 0.25) is 0 Å². The fraction of sp³-hybridized carbons (Fsp3) is 0.158. The van der Waals surface area contributed by atoms with Gasteiger partial charge in [0.15, 0.2) is 11.5 Å². The lowest BCUT2D eigenvalue weighted by molar-refractivity contribution is 0.284. The summed E-state index contributed by atoms with van der Waals surface area (Å²) in [5, 5.41) is 6.86. The second kappa shape index (κ2) is 8.44. The van der Waals surface area contributed by atoms with E-state index in [1.165, 1.54) is 23.5 Å². The fourth-order valence-electron chi connectivity index (χ4n) is 2.24. The minimum absolute atomic E-state index is 0.241. The molecule has 0 spiro atoms. The van der Waals surface area contributed by atoms with Gasteiger partial charge in [-0.2, -0.15) is 5.10 Å². The smallest absolute Gasteiger partial charge is 0.203 e. The summed E-state index contributed by atoms with van der Waals surface area (Å²) >= 11 is 1.49. The van der Waals surface area contributed by atoms with Crippen molar-refractivity contribution < 1.29 is 13.9 Å². The molecule has 0 saturated heterocycles. The number of aryl methyl sites for hydroxylation is 1. The Hall–Kier alpha value is -2.93. The maximum Gasteiger partial charge on any atom is 0.203 e. The van der Waals surface area contributed by atoms with E-state index in [4.69, 9.17) is 9.47 Å². The largest absolute Gasteiger partial charge is 0.493 e. The Morgan fingerprint density at radius 1 is 1.23 bits per heavy atom. The average Bonchev–Trinajstić information content (AvgIpc) is 3.05. The highest BCUT2D eigenvalue weighted by atomic mass is 32.1. The summed E-state index contributed by atoms with van der Waals surface area (Å²) in [5.74, 6) is 0.871. The SMILES string of the molecule is COc1ccc(C=NNc2nc(C)cs2)cc1OCc1cccc(F)c1. The Labute approximate surface area is 155 Å². The topological polar surface area (TPSA) is 55.7 Å². The van der Waals surface area contributed by atoms with E-state index in [1.54, 1.807) is 31.5 Å². The second-order valence-corrected chi connectivity index (χ2v) is 6.35. The number of nitrogens with one attached hydrogen (secondary N) is 1. The monoisotopic (exact) mass is 371 g/mol. The van der Waals surface area contributed by atoms with Gasteiger partial charge in [-0.1, -0.05) is 12.1 Å². The molecule has 0 aliphatic rings. The van der Waals surface area contributed by atoms with Crippen LogP contribution in [-0.4, -0.2) is 18.3 Å². The number of anilines is 1. The van der Waals surface area contributed by atoms with Gasteiger partial charge in [0.1, 0.15) is 12.4 Å². The average molecular weight is 371 g/mol. The standard InChI is InChI=1S/C19H18FN3O2S/c1-13-12-26-19(22-13)23-21-10-14-6-7-17(24-2)18(9-14)25-11-15-4-3-5-16(20)8-15/h3-10,12H,11H2,1-2H3,(H,22,23). The third-order valence-electron chi connectivity index (χ3n) is 3.46. The molecule has 26 heavy (non-hydrogen) atoms. The summed E-state index contributed by atoms with van der Waals surface area (Å²) in [4.78, 5) is 4.28. The van der Waals surface area contributed by atoms with E-state index in [-0.39, 0.29) is 12.4 Å². The molecule has 0 aliphatic carbocycles. The molecule has 0 radical (unpaired) electrons. The molecule has 1 N–H and O–H groups in total. The van der Waals surface area contributed by atoms with Crippen LogP contribution >= 0.6 is 11.3 Å². The van der Waals surface area contributed by atoms with Gasteiger partial charge in [-0.15, -0.1) is 11.3 Å². The van der Waals surface area contributed by atoms with Crippen molar-refractivity contribution in [3.63, 3.8) is 0 Å². The Morgan fingerprint density at radius 2 is 2.12 bits per heavy atom. The number of thiazole rings is 1. The molecule has 0 fully saturated rings. The number of ether oxygens (including phenoxy) is 2. The number of halogens is 1. The van der Waals surface area contributed by atoms with Crippen molar-refractivity contribution in [3.05, 3.63) is 70.5 Å². The van der Waals surface area contributed by atoms with Gasteiger partial charge in [0.05, 0.1) is 19.0 Å². The molecule has 0 saturated carbocycles. The molecule has 3 aromatic rings. The van der Waals surface area contributed by atoms with Crippen LogP contribution in [0.4, 0.5) is 9.52 Å². The Kier molecular flexibility index (Phi) is 5.80. The predicted octanol–water partition coefficient (Wildman–Crippen LogP) is 4.62. The molecule has 5 nitrogen and oxygen atoms in total. The Bertz CT molecular complexity index is 911. The lowest BCUT2D eigenvalue weighted by Crippen LogP contribution is -1.99. The summed E-state index contributed by atoms with van der Waals surface area (Å²) in [6.07, 6.45) is 1.67. The maximum atomic E-state index is 13.3. The van der Waals surface area contributed by atoms with Gasteiger partial charge >= 0.3 is 0 Å². The second-order valence-electron chi connectivity index (χ2n) is 5.49. The zero-order chi connectivity index (χ0) is 18.4. The van der Waals surface area contributed by atoms with Crippen LogP contribution in [0, 0.1) is 12.7 Å². The quantitative estimate of drug-likeness (QED) is 0.486. The first-order valence-electron chi connectivity index (χ1n) is 7.90. The lowest BCUT2D eigenvalue weighted by atomic mass is 10.2. The zero-order valence-electron chi connectivity index (χ0n) is 14.4. The van der Waals surface area contributed by atoms with Gasteiger partial charge in [-0.3, -0.25) is 5.43 Å². The summed E-state index contributed by atoms with van der Waals surface area (Å²) in [6.45, 7) is 2.17. The van der Waals surface area contributed by atoms with Crippen LogP contribution in [0.3, 0.4) is 0 Å². The van der Waals surface area contributed by atoms with Crippen molar-refractivity contribution in [3.8, 4) is 11.5 Å². The molecule has 134 valence electrons. The van der Waals surface area contributed by atoms with E-state index in [2.05, 4.69) is 15.5 Å². The van der Waals surface area contributed by atoms with Gasteiger partial charge in [0.25, 0.3) is 0 Å². The number of rotatable bonds is 7. The van der Waals surface area contributed by atoms with Crippen molar-refractivity contribution in [2.45, 2.75) is 13.5 Å². The van der Waals surface area contributed by atoms with Crippen molar-refractivity contribution in [2.24, 2.45) is 5.10 Å². The highest BCUT2D eigenvalue weighted by Crippen LogP contribution is 2.28. The van der Waals surface area contributed by atoms with Crippen LogP contribution in [0.5, 0.6) is 11.5 Å². The highest BCUT2D eigenvalue weighted by molar-refractivity contribution is 7.13. The summed E-state index contributed by atoms with van der Waals surface area (Å²) in [7, 11) is 1.57. The number of nitrogens with zero attached hydrogens (tertiary/aromatic N) is 2. The van der Waals surface area contributed by atoms with Crippen molar-refractivity contribution in [1.29, 1.82) is 0 Å². The molecule has 1 aromatic heterocycles. The third-order valence-corrected chi connectivity index (χ3v) is 4.33. The van der Waals surface area contributed by atoms with Crippen LogP contribution in [-0.2, 0) is 6.61 Å².